The number of nitrogens with one attached hydrogen (secondary N) is 1. The van der Waals surface area contributed by atoms with Crippen LogP contribution in [0.3, 0.4) is 0 Å². The topological polar surface area (TPSA) is 85.0 Å². The Labute approximate surface area is 149 Å². The van der Waals surface area contributed by atoms with E-state index in [1.165, 1.54) is 10.9 Å². The summed E-state index contributed by atoms with van der Waals surface area (Å²) in [5.74, 6) is 0. The normalized spacial score (nSPS) is 12.1. The molecular formula is C17H18ClN5O2. The highest BCUT2D eigenvalue weighted by molar-refractivity contribution is 6.32. The van der Waals surface area contributed by atoms with Crippen LogP contribution in [0.15, 0.2) is 53.7 Å². The van der Waals surface area contributed by atoms with Gasteiger partial charge in [-0.2, -0.15) is 10.2 Å². The molecule has 3 rings (SSSR count). The minimum absolute atomic E-state index is 0.0457. The third-order valence-corrected chi connectivity index (χ3v) is 4.12. The van der Waals surface area contributed by atoms with Crippen molar-refractivity contribution >= 4 is 17.3 Å². The first-order chi connectivity index (χ1) is 12.0. The highest BCUT2D eigenvalue weighted by Gasteiger charge is 2.13. The van der Waals surface area contributed by atoms with Crippen LogP contribution in [0, 0.1) is 0 Å². The summed E-state index contributed by atoms with van der Waals surface area (Å²) in [6.45, 7) is 0.535. The van der Waals surface area contributed by atoms with E-state index in [9.17, 15) is 9.90 Å². The van der Waals surface area contributed by atoms with E-state index in [1.54, 1.807) is 24.1 Å². The number of halogens is 1. The Kier molecular flexibility index (Phi) is 5.16. The average Bonchev–Trinajstić information content (AvgIpc) is 3.05. The highest BCUT2D eigenvalue weighted by Crippen LogP contribution is 2.18. The molecule has 0 spiro atoms. The van der Waals surface area contributed by atoms with Gasteiger partial charge in [0.05, 0.1) is 30.7 Å². The van der Waals surface area contributed by atoms with E-state index in [0.29, 0.717) is 17.8 Å². The zero-order chi connectivity index (χ0) is 17.8. The molecule has 0 saturated carbocycles. The Morgan fingerprint density at radius 3 is 2.68 bits per heavy atom. The third-order valence-electron chi connectivity index (χ3n) is 3.76. The highest BCUT2D eigenvalue weighted by atomic mass is 35.5. The first kappa shape index (κ1) is 17.2. The molecule has 7 nitrogen and oxygen atoms in total. The van der Waals surface area contributed by atoms with Crippen molar-refractivity contribution in [3.05, 3.63) is 75.4 Å². The molecule has 0 saturated heterocycles. The van der Waals surface area contributed by atoms with Gasteiger partial charge >= 0.3 is 0 Å². The lowest BCUT2D eigenvalue weighted by Gasteiger charge is -2.13. The van der Waals surface area contributed by atoms with Gasteiger partial charge in [-0.25, -0.2) is 4.68 Å². The van der Waals surface area contributed by atoms with Gasteiger partial charge in [0.1, 0.15) is 5.02 Å². The number of hydrogen-bond donors (Lipinski definition) is 2. The lowest BCUT2D eigenvalue weighted by molar-refractivity contribution is 0.191. The van der Waals surface area contributed by atoms with Crippen LogP contribution in [0.25, 0.3) is 0 Å². The molecule has 3 aromatic rings. The number of rotatable bonds is 6. The smallest absolute Gasteiger partial charge is 0.287 e. The standard InChI is InChI=1S/C17H18ClN5O2/c1-22-11-13(7-20-22)15(24)9-19-14-8-21-23(17(25)16(14)18)10-12-5-3-2-4-6-12/h2-8,11,15,19,24H,9-10H2,1H3. The molecule has 0 amide bonds. The van der Waals surface area contributed by atoms with Crippen LogP contribution in [-0.2, 0) is 13.6 Å². The van der Waals surface area contributed by atoms with E-state index in [4.69, 9.17) is 11.6 Å². The van der Waals surface area contributed by atoms with E-state index in [1.807, 2.05) is 30.3 Å². The van der Waals surface area contributed by atoms with Gasteiger partial charge in [0, 0.05) is 25.4 Å². The maximum absolute atomic E-state index is 12.4. The zero-order valence-electron chi connectivity index (χ0n) is 13.6. The summed E-state index contributed by atoms with van der Waals surface area (Å²) in [7, 11) is 1.77. The Morgan fingerprint density at radius 2 is 2.00 bits per heavy atom. The predicted octanol–water partition coefficient (Wildman–Crippen LogP) is 1.82. The van der Waals surface area contributed by atoms with Gasteiger partial charge < -0.3 is 10.4 Å². The molecule has 0 aliphatic heterocycles. The summed E-state index contributed by atoms with van der Waals surface area (Å²) in [5, 5.41) is 21.3. The first-order valence-electron chi connectivity index (χ1n) is 7.74. The van der Waals surface area contributed by atoms with Gasteiger partial charge in [-0.3, -0.25) is 9.48 Å². The summed E-state index contributed by atoms with van der Waals surface area (Å²) in [4.78, 5) is 12.4. The summed E-state index contributed by atoms with van der Waals surface area (Å²) in [6, 6.07) is 9.54. The van der Waals surface area contributed by atoms with E-state index >= 15 is 0 Å². The molecule has 25 heavy (non-hydrogen) atoms. The molecule has 8 heteroatoms. The monoisotopic (exact) mass is 359 g/mol. The second-order valence-electron chi connectivity index (χ2n) is 5.66. The van der Waals surface area contributed by atoms with Gasteiger partial charge in [0.2, 0.25) is 0 Å². The van der Waals surface area contributed by atoms with E-state index < -0.39 is 6.10 Å². The summed E-state index contributed by atoms with van der Waals surface area (Å²) < 4.78 is 2.91. The summed E-state index contributed by atoms with van der Waals surface area (Å²) in [6.07, 6.45) is 4.04. The Morgan fingerprint density at radius 1 is 1.24 bits per heavy atom. The molecule has 0 bridgehead atoms. The quantitative estimate of drug-likeness (QED) is 0.701. The second kappa shape index (κ2) is 7.50. The van der Waals surface area contributed by atoms with Crippen molar-refractivity contribution < 1.29 is 5.11 Å². The molecule has 0 fully saturated rings. The molecule has 1 aromatic carbocycles. The van der Waals surface area contributed by atoms with Crippen molar-refractivity contribution in [3.63, 3.8) is 0 Å². The summed E-state index contributed by atoms with van der Waals surface area (Å²) >= 11 is 6.16. The lowest BCUT2D eigenvalue weighted by Crippen LogP contribution is -2.25. The predicted molar refractivity (Wildman–Crippen MR) is 95.7 cm³/mol. The molecular weight excluding hydrogens is 342 g/mol. The largest absolute Gasteiger partial charge is 0.386 e. The maximum atomic E-state index is 12.4. The number of aromatic nitrogens is 4. The maximum Gasteiger partial charge on any atom is 0.287 e. The van der Waals surface area contributed by atoms with Crippen molar-refractivity contribution in [1.82, 2.24) is 19.6 Å². The molecule has 2 aromatic heterocycles. The average molecular weight is 360 g/mol. The van der Waals surface area contributed by atoms with Crippen molar-refractivity contribution in [2.45, 2.75) is 12.6 Å². The molecule has 0 aliphatic carbocycles. The van der Waals surface area contributed by atoms with Gasteiger partial charge in [0.25, 0.3) is 5.56 Å². The Balaban J connectivity index is 1.71. The van der Waals surface area contributed by atoms with Crippen LogP contribution in [0.4, 0.5) is 5.69 Å². The second-order valence-corrected chi connectivity index (χ2v) is 6.04. The number of nitrogens with zero attached hydrogens (tertiary/aromatic N) is 4. The van der Waals surface area contributed by atoms with Gasteiger partial charge in [-0.1, -0.05) is 41.9 Å². The number of anilines is 1. The van der Waals surface area contributed by atoms with E-state index in [0.717, 1.165) is 5.56 Å². The van der Waals surface area contributed by atoms with Crippen molar-refractivity contribution in [2.75, 3.05) is 11.9 Å². The van der Waals surface area contributed by atoms with Crippen molar-refractivity contribution in [3.8, 4) is 0 Å². The van der Waals surface area contributed by atoms with E-state index in [2.05, 4.69) is 15.5 Å². The van der Waals surface area contributed by atoms with Crippen LogP contribution < -0.4 is 10.9 Å². The molecule has 1 unspecified atom stereocenters. The molecule has 0 aliphatic rings. The first-order valence-corrected chi connectivity index (χ1v) is 8.12. The van der Waals surface area contributed by atoms with Crippen molar-refractivity contribution in [1.29, 1.82) is 0 Å². The van der Waals surface area contributed by atoms with Crippen LogP contribution >= 0.6 is 11.6 Å². The van der Waals surface area contributed by atoms with Gasteiger partial charge in [-0.05, 0) is 5.56 Å². The molecule has 2 N–H and O–H groups in total. The van der Waals surface area contributed by atoms with E-state index in [-0.39, 0.29) is 17.1 Å². The number of aliphatic hydroxyl groups is 1. The number of aliphatic hydroxyl groups excluding tert-OH is 1. The number of aryl methyl sites for hydroxylation is 1. The van der Waals surface area contributed by atoms with Crippen molar-refractivity contribution in [2.24, 2.45) is 7.05 Å². The Hall–Kier alpha value is -2.64. The SMILES string of the molecule is Cn1cc(C(O)CNc2cnn(Cc3ccccc3)c(=O)c2Cl)cn1. The summed E-state index contributed by atoms with van der Waals surface area (Å²) in [5.41, 5.74) is 1.64. The van der Waals surface area contributed by atoms with Crippen LogP contribution in [-0.4, -0.2) is 31.2 Å². The van der Waals surface area contributed by atoms with Gasteiger partial charge in [-0.15, -0.1) is 0 Å². The molecule has 1 atom stereocenters. The fourth-order valence-electron chi connectivity index (χ4n) is 2.39. The minimum Gasteiger partial charge on any atom is -0.386 e. The minimum atomic E-state index is -0.767. The molecule has 130 valence electrons. The van der Waals surface area contributed by atoms with Crippen LogP contribution in [0.1, 0.15) is 17.2 Å². The molecule has 0 radical (unpaired) electrons. The lowest BCUT2D eigenvalue weighted by atomic mass is 10.2. The van der Waals surface area contributed by atoms with Gasteiger partial charge in [0.15, 0.2) is 0 Å². The van der Waals surface area contributed by atoms with Crippen LogP contribution in [0.2, 0.25) is 5.02 Å². The fourth-order valence-corrected chi connectivity index (χ4v) is 2.61. The number of benzene rings is 1. The Bertz CT molecular complexity index is 907. The fraction of sp³-hybridized carbons (Fsp3) is 0.235. The zero-order valence-corrected chi connectivity index (χ0v) is 14.4. The molecule has 2 heterocycles. The van der Waals surface area contributed by atoms with Crippen LogP contribution in [0.5, 0.6) is 0 Å². The third kappa shape index (κ3) is 4.07. The number of hydrogen-bond acceptors (Lipinski definition) is 5.